The average molecular weight is 570 g/mol. The highest BCUT2D eigenvalue weighted by Gasteiger charge is 2.27. The zero-order chi connectivity index (χ0) is 29.0. The third kappa shape index (κ3) is 4.04. The highest BCUT2D eigenvalue weighted by Crippen LogP contribution is 2.38. The van der Waals surface area contributed by atoms with Crippen LogP contribution in [-0.2, 0) is 0 Å². The summed E-state index contributed by atoms with van der Waals surface area (Å²) in [5, 5.41) is 7.13. The normalized spacial score (nSPS) is 15.2. The number of hydrogen-bond acceptors (Lipinski definition) is 5. The van der Waals surface area contributed by atoms with Crippen LogP contribution in [0, 0.1) is 0 Å². The number of pyridine rings is 2. The van der Waals surface area contributed by atoms with Crippen molar-refractivity contribution in [3.8, 4) is 22.4 Å². The second-order valence-corrected chi connectivity index (χ2v) is 11.8. The molecular formula is C39H31N5. The van der Waals surface area contributed by atoms with Crippen LogP contribution in [0.25, 0.3) is 65.7 Å². The second-order valence-electron chi connectivity index (χ2n) is 11.8. The molecule has 0 N–H and O–H groups in total. The van der Waals surface area contributed by atoms with E-state index in [-0.39, 0.29) is 0 Å². The quantitative estimate of drug-likeness (QED) is 0.200. The highest BCUT2D eigenvalue weighted by atomic mass is 15.4. The van der Waals surface area contributed by atoms with Crippen LogP contribution in [0.4, 0.5) is 5.82 Å². The number of fused-ring (bicyclic) bond motifs is 6. The molecule has 5 nitrogen and oxygen atoms in total. The lowest BCUT2D eigenvalue weighted by atomic mass is 9.91. The van der Waals surface area contributed by atoms with Crippen molar-refractivity contribution in [2.45, 2.75) is 12.8 Å². The molecule has 44 heavy (non-hydrogen) atoms. The van der Waals surface area contributed by atoms with Gasteiger partial charge in [0.2, 0.25) is 5.96 Å². The monoisotopic (exact) mass is 569 g/mol. The van der Waals surface area contributed by atoms with Crippen molar-refractivity contribution in [1.29, 1.82) is 0 Å². The van der Waals surface area contributed by atoms with Crippen molar-refractivity contribution >= 4 is 55.1 Å². The molecule has 2 aliphatic heterocycles. The van der Waals surface area contributed by atoms with E-state index in [0.29, 0.717) is 0 Å². The van der Waals surface area contributed by atoms with Crippen LogP contribution in [0.1, 0.15) is 12.8 Å². The van der Waals surface area contributed by atoms with Gasteiger partial charge in [0.25, 0.3) is 0 Å². The predicted molar refractivity (Wildman–Crippen MR) is 183 cm³/mol. The van der Waals surface area contributed by atoms with Gasteiger partial charge in [-0.1, -0.05) is 97.1 Å². The van der Waals surface area contributed by atoms with Crippen molar-refractivity contribution in [3.63, 3.8) is 0 Å². The largest absolute Gasteiger partial charge is 0.342 e. The average Bonchev–Trinajstić information content (AvgIpc) is 3.10. The Balaban J connectivity index is 1.20. The van der Waals surface area contributed by atoms with Gasteiger partial charge in [-0.15, -0.1) is 0 Å². The van der Waals surface area contributed by atoms with E-state index >= 15 is 0 Å². The maximum absolute atomic E-state index is 5.32. The fraction of sp³-hybridized carbons (Fsp3) is 0.154. The fourth-order valence-corrected chi connectivity index (χ4v) is 7.12. The first-order chi connectivity index (χ1) is 21.8. The number of guanidine groups is 1. The van der Waals surface area contributed by atoms with Crippen LogP contribution in [0.3, 0.4) is 0 Å². The number of rotatable bonds is 3. The first kappa shape index (κ1) is 25.2. The van der Waals surface area contributed by atoms with Crippen molar-refractivity contribution in [2.75, 3.05) is 31.1 Å². The number of hydrogen-bond donors (Lipinski definition) is 0. The van der Waals surface area contributed by atoms with Crippen LogP contribution in [0.15, 0.2) is 120 Å². The minimum Gasteiger partial charge on any atom is -0.342 e. The molecule has 4 heterocycles. The third-order valence-electron chi connectivity index (χ3n) is 9.23. The lowest BCUT2D eigenvalue weighted by Crippen LogP contribution is -2.52. The van der Waals surface area contributed by atoms with Gasteiger partial charge in [0.05, 0.1) is 16.7 Å². The van der Waals surface area contributed by atoms with E-state index in [9.17, 15) is 0 Å². The van der Waals surface area contributed by atoms with Gasteiger partial charge >= 0.3 is 0 Å². The number of aromatic nitrogens is 2. The lowest BCUT2D eigenvalue weighted by Gasteiger charge is -2.40. The summed E-state index contributed by atoms with van der Waals surface area (Å²) in [6.07, 6.45) is 2.23. The molecule has 0 saturated carbocycles. The van der Waals surface area contributed by atoms with Gasteiger partial charge in [0.15, 0.2) is 0 Å². The molecule has 0 aliphatic carbocycles. The summed E-state index contributed by atoms with van der Waals surface area (Å²) in [6, 6.07) is 41.4. The molecule has 0 atom stereocenters. The minimum absolute atomic E-state index is 0.886. The number of anilines is 1. The minimum atomic E-state index is 0.886. The van der Waals surface area contributed by atoms with Gasteiger partial charge in [-0.3, -0.25) is 9.89 Å². The van der Waals surface area contributed by atoms with Crippen molar-refractivity contribution in [2.24, 2.45) is 4.99 Å². The first-order valence-corrected chi connectivity index (χ1v) is 15.6. The Hall–Kier alpha value is -5.29. The SMILES string of the molecule is c1ccc2c(-c3ccc(-c4ccc5ccc6ccc(N7CCCN8CCCN=C87)nc6c5n4)c4ccccc34)cccc2c1. The lowest BCUT2D eigenvalue weighted by molar-refractivity contribution is 0.359. The summed E-state index contributed by atoms with van der Waals surface area (Å²) in [4.78, 5) is 20.2. The fourth-order valence-electron chi connectivity index (χ4n) is 7.12. The van der Waals surface area contributed by atoms with Crippen molar-refractivity contribution < 1.29 is 0 Å². The Morgan fingerprint density at radius 3 is 2.02 bits per heavy atom. The van der Waals surface area contributed by atoms with Gasteiger partial charge < -0.3 is 4.90 Å². The van der Waals surface area contributed by atoms with E-state index in [0.717, 1.165) is 83.9 Å². The molecule has 5 aromatic carbocycles. The number of nitrogens with zero attached hydrogens (tertiary/aromatic N) is 5. The predicted octanol–water partition coefficient (Wildman–Crippen LogP) is 8.70. The van der Waals surface area contributed by atoms with Crippen molar-refractivity contribution in [3.05, 3.63) is 115 Å². The molecule has 0 unspecified atom stereocenters. The van der Waals surface area contributed by atoms with Crippen LogP contribution in [0.5, 0.6) is 0 Å². The second kappa shape index (κ2) is 10.2. The Kier molecular flexibility index (Phi) is 5.83. The Bertz CT molecular complexity index is 2260. The van der Waals surface area contributed by atoms with E-state index in [1.807, 2.05) is 0 Å². The van der Waals surface area contributed by atoms with E-state index in [1.54, 1.807) is 0 Å². The van der Waals surface area contributed by atoms with E-state index < -0.39 is 0 Å². The zero-order valence-corrected chi connectivity index (χ0v) is 24.4. The van der Waals surface area contributed by atoms with Gasteiger partial charge in [0.1, 0.15) is 5.82 Å². The van der Waals surface area contributed by atoms with Crippen molar-refractivity contribution in [1.82, 2.24) is 14.9 Å². The van der Waals surface area contributed by atoms with Crippen LogP contribution in [0.2, 0.25) is 0 Å². The van der Waals surface area contributed by atoms with Gasteiger partial charge in [-0.2, -0.15) is 0 Å². The summed E-state index contributed by atoms with van der Waals surface area (Å²) < 4.78 is 0. The molecule has 5 heteroatoms. The Morgan fingerprint density at radius 1 is 0.477 bits per heavy atom. The standard InChI is InChI=1S/C39H31N5/c1-2-10-29-26(8-1)9-5-13-30(29)33-18-19-34(32-12-4-3-11-31(32)33)35-20-16-27-14-15-28-17-21-36(42-38(28)37(27)41-35)44-25-7-24-43-23-6-22-40-39(43)44/h1-5,8-21H,6-7,22-25H2. The van der Waals surface area contributed by atoms with Crippen LogP contribution >= 0.6 is 0 Å². The molecular weight excluding hydrogens is 538 g/mol. The summed E-state index contributed by atoms with van der Waals surface area (Å²) in [7, 11) is 0. The summed E-state index contributed by atoms with van der Waals surface area (Å²) >= 11 is 0. The topological polar surface area (TPSA) is 44.6 Å². The first-order valence-electron chi connectivity index (χ1n) is 15.6. The molecule has 1 fully saturated rings. The summed E-state index contributed by atoms with van der Waals surface area (Å²) in [5.74, 6) is 2.02. The zero-order valence-electron chi connectivity index (χ0n) is 24.4. The van der Waals surface area contributed by atoms with E-state index in [4.69, 9.17) is 15.0 Å². The molecule has 0 amide bonds. The smallest absolute Gasteiger partial charge is 0.202 e. The summed E-state index contributed by atoms with van der Waals surface area (Å²) in [6.45, 7) is 3.97. The molecule has 1 saturated heterocycles. The van der Waals surface area contributed by atoms with Gasteiger partial charge in [0, 0.05) is 42.5 Å². The number of aliphatic imine (C=N–C) groups is 1. The summed E-state index contributed by atoms with van der Waals surface area (Å²) in [5.41, 5.74) is 6.44. The highest BCUT2D eigenvalue weighted by molar-refractivity contribution is 6.10. The van der Waals surface area contributed by atoms with Gasteiger partial charge in [-0.25, -0.2) is 9.97 Å². The molecule has 2 aliphatic rings. The van der Waals surface area contributed by atoms with Crippen LogP contribution < -0.4 is 4.90 Å². The Morgan fingerprint density at radius 2 is 1.14 bits per heavy atom. The number of benzene rings is 5. The van der Waals surface area contributed by atoms with Crippen LogP contribution in [-0.4, -0.2) is 47.0 Å². The van der Waals surface area contributed by atoms with Gasteiger partial charge in [-0.05, 0) is 63.7 Å². The van der Waals surface area contributed by atoms with E-state index in [1.165, 1.54) is 32.7 Å². The molecule has 0 spiro atoms. The molecule has 212 valence electrons. The molecule has 2 aromatic heterocycles. The third-order valence-corrected chi connectivity index (χ3v) is 9.23. The maximum atomic E-state index is 5.32. The molecule has 0 bridgehead atoms. The molecule has 7 aromatic rings. The van der Waals surface area contributed by atoms with E-state index in [2.05, 4.69) is 125 Å². The Labute approximate surface area is 256 Å². The molecule has 9 rings (SSSR count). The maximum Gasteiger partial charge on any atom is 0.202 e. The molecule has 0 radical (unpaired) electrons.